The number of nitro groups is 7. The number of aliphatic hydroxyl groups is 2. The highest BCUT2D eigenvalue weighted by atomic mass is 16.7. The molecule has 0 heterocycles. The van der Waals surface area contributed by atoms with Gasteiger partial charge in [0.25, 0.3) is 11.4 Å². The van der Waals surface area contributed by atoms with Crippen molar-refractivity contribution in [3.05, 3.63) is 82.9 Å². The molecule has 27 nitrogen and oxygen atoms in total. The summed E-state index contributed by atoms with van der Waals surface area (Å²) in [4.78, 5) is 70.5. The van der Waals surface area contributed by atoms with Gasteiger partial charge < -0.3 is 10.2 Å². The van der Waals surface area contributed by atoms with Crippen molar-refractivity contribution in [3.63, 3.8) is 0 Å². The molecule has 1 rings (SSSR count). The van der Waals surface area contributed by atoms with Crippen molar-refractivity contribution >= 4 is 22.7 Å². The summed E-state index contributed by atoms with van der Waals surface area (Å²) in [7, 11) is 0.751. The van der Waals surface area contributed by atoms with Gasteiger partial charge in [-0.25, -0.2) is 40.5 Å². The van der Waals surface area contributed by atoms with E-state index in [9.17, 15) is 70.8 Å². The van der Waals surface area contributed by atoms with Crippen LogP contribution >= 0.6 is 0 Å². The number of non-ortho nitro benzene ring substituents is 1. The quantitative estimate of drug-likeness (QED) is 0.146. The Morgan fingerprint density at radius 2 is 0.947 bits per heavy atom. The van der Waals surface area contributed by atoms with E-state index in [1.54, 1.807) is 0 Å². The second-order valence-corrected chi connectivity index (χ2v) is 6.16. The summed E-state index contributed by atoms with van der Waals surface area (Å²) in [5.41, 5.74) is -4.07. The summed E-state index contributed by atoms with van der Waals surface area (Å²) in [5, 5.41) is 86.9. The van der Waals surface area contributed by atoms with Gasteiger partial charge in [-0.15, -0.1) is 0 Å². The molecular formula is C11H15N11O16. The van der Waals surface area contributed by atoms with Crippen LogP contribution in [0.3, 0.4) is 0 Å². The van der Waals surface area contributed by atoms with Gasteiger partial charge in [0.2, 0.25) is 13.3 Å². The van der Waals surface area contributed by atoms with E-state index in [-0.39, 0.29) is 20.0 Å². The minimum absolute atomic E-state index is 0.0539. The lowest BCUT2D eigenvalue weighted by Gasteiger charge is -2.19. The normalized spacial score (nSPS) is 9.76. The second kappa shape index (κ2) is 13.9. The number of anilines is 1. The van der Waals surface area contributed by atoms with E-state index in [0.29, 0.717) is 12.1 Å². The van der Waals surface area contributed by atoms with Gasteiger partial charge >= 0.3 is 11.4 Å². The summed E-state index contributed by atoms with van der Waals surface area (Å²) in [6.45, 7) is -4.23. The molecule has 0 aromatic heterocycles. The fourth-order valence-corrected chi connectivity index (χ4v) is 2.21. The Bertz CT molecular complexity index is 1050. The van der Waals surface area contributed by atoms with Crippen molar-refractivity contribution in [1.29, 1.82) is 0 Å². The van der Waals surface area contributed by atoms with E-state index in [1.165, 1.54) is 0 Å². The molecule has 0 radical (unpaired) electrons. The maximum atomic E-state index is 10.8. The summed E-state index contributed by atoms with van der Waals surface area (Å²) in [5.74, 6) is 0. The molecule has 1 aromatic carbocycles. The summed E-state index contributed by atoms with van der Waals surface area (Å²) in [6, 6.07) is 0.838. The van der Waals surface area contributed by atoms with Crippen LogP contribution in [0, 0.1) is 70.8 Å². The van der Waals surface area contributed by atoms with Gasteiger partial charge in [-0.1, -0.05) is 20.0 Å². The number of aliphatic hydroxyl groups excluding tert-OH is 2. The topological polar surface area (TPSA) is 355 Å². The molecule has 1 aromatic rings. The van der Waals surface area contributed by atoms with Crippen LogP contribution in [0.1, 0.15) is 0 Å². The number of hydrogen-bond donors (Lipinski definition) is 2. The molecule has 0 spiro atoms. The third-order valence-electron chi connectivity index (χ3n) is 3.90. The standard InChI is InChI=1S/C7H5N5O8.C4H10N6O8/c1-8(12(19)20)7-5(10(15)16)2-4(9(13)14)3-6(7)11(17)18;11-3-6(9(15)16)1-5(8(13)14)2-7(4-12)10(17)18/h2-3H,1H3;11-12H,1-4H2. The van der Waals surface area contributed by atoms with Crippen molar-refractivity contribution in [2.45, 2.75) is 0 Å². The molecule has 27 heteroatoms. The third-order valence-corrected chi connectivity index (χ3v) is 3.90. The Morgan fingerprint density at radius 1 is 0.605 bits per heavy atom. The first-order valence-electron chi connectivity index (χ1n) is 8.88. The smallest absolute Gasteiger partial charge is 0.312 e. The molecule has 38 heavy (non-hydrogen) atoms. The molecule has 0 saturated heterocycles. The van der Waals surface area contributed by atoms with Crippen molar-refractivity contribution in [3.8, 4) is 0 Å². The predicted molar refractivity (Wildman–Crippen MR) is 112 cm³/mol. The molecule has 0 aliphatic carbocycles. The van der Waals surface area contributed by atoms with Crippen LogP contribution < -0.4 is 5.01 Å². The number of nitro benzene ring substituents is 3. The van der Waals surface area contributed by atoms with Gasteiger partial charge in [0, 0.05) is 0 Å². The second-order valence-electron chi connectivity index (χ2n) is 6.16. The first kappa shape index (κ1) is 32.1. The lowest BCUT2D eigenvalue weighted by atomic mass is 10.2. The van der Waals surface area contributed by atoms with E-state index >= 15 is 0 Å². The number of hydrogen-bond acceptors (Lipinski definition) is 16. The van der Waals surface area contributed by atoms with Crippen LogP contribution in [0.25, 0.3) is 0 Å². The van der Waals surface area contributed by atoms with Gasteiger partial charge in [0.05, 0.1) is 34.0 Å². The first-order valence-corrected chi connectivity index (χ1v) is 8.88. The lowest BCUT2D eigenvalue weighted by Crippen LogP contribution is -2.50. The van der Waals surface area contributed by atoms with Gasteiger partial charge in [-0.3, -0.25) is 30.3 Å². The van der Waals surface area contributed by atoms with Crippen molar-refractivity contribution < 1.29 is 45.1 Å². The zero-order valence-electron chi connectivity index (χ0n) is 18.5. The predicted octanol–water partition coefficient (Wildman–Crippen LogP) is -1.68. The van der Waals surface area contributed by atoms with E-state index in [2.05, 4.69) is 0 Å². The zero-order chi connectivity index (χ0) is 29.9. The fourth-order valence-electron chi connectivity index (χ4n) is 2.21. The molecule has 0 aliphatic rings. The highest BCUT2D eigenvalue weighted by Gasteiger charge is 2.37. The Balaban J connectivity index is 0.000000726. The molecule has 0 bridgehead atoms. The van der Waals surface area contributed by atoms with Crippen LogP contribution in [-0.2, 0) is 0 Å². The number of nitrogens with zero attached hydrogens (tertiary/aromatic N) is 11. The number of rotatable bonds is 14. The fraction of sp³-hybridized carbons (Fsp3) is 0.455. The molecule has 0 aliphatic heterocycles. The van der Waals surface area contributed by atoms with Crippen LogP contribution in [0.2, 0.25) is 0 Å². The Kier molecular flexibility index (Phi) is 11.7. The van der Waals surface area contributed by atoms with Gasteiger partial charge in [-0.2, -0.15) is 0 Å². The lowest BCUT2D eigenvalue weighted by molar-refractivity contribution is -0.741. The minimum atomic E-state index is -1.17. The summed E-state index contributed by atoms with van der Waals surface area (Å²) < 4.78 is 0. The maximum Gasteiger partial charge on any atom is 0.312 e. The maximum absolute atomic E-state index is 10.8. The Hall–Kier alpha value is -5.86. The van der Waals surface area contributed by atoms with Crippen molar-refractivity contribution in [2.75, 3.05) is 38.9 Å². The van der Waals surface area contributed by atoms with E-state index < -0.39 is 84.4 Å². The molecule has 0 fully saturated rings. The minimum Gasteiger partial charge on any atom is -0.371 e. The van der Waals surface area contributed by atoms with Gasteiger partial charge in [0.15, 0.2) is 33.6 Å². The molecule has 0 saturated carbocycles. The highest BCUT2D eigenvalue weighted by Crippen LogP contribution is 2.40. The van der Waals surface area contributed by atoms with Crippen LogP contribution in [0.4, 0.5) is 22.7 Å². The highest BCUT2D eigenvalue weighted by molar-refractivity contribution is 5.76. The summed E-state index contributed by atoms with van der Waals surface area (Å²) in [6.07, 6.45) is 0. The largest absolute Gasteiger partial charge is 0.371 e. The van der Waals surface area contributed by atoms with E-state index in [1.807, 2.05) is 0 Å². The van der Waals surface area contributed by atoms with E-state index in [4.69, 9.17) is 10.2 Å². The molecule has 2 N–H and O–H groups in total. The monoisotopic (exact) mass is 557 g/mol. The first-order chi connectivity index (χ1) is 17.5. The third kappa shape index (κ3) is 8.73. The van der Waals surface area contributed by atoms with Gasteiger partial charge in [-0.05, 0) is 0 Å². The van der Waals surface area contributed by atoms with Crippen LogP contribution in [-0.4, -0.2) is 94.0 Å². The van der Waals surface area contributed by atoms with E-state index in [0.717, 1.165) is 7.05 Å². The average molecular weight is 557 g/mol. The van der Waals surface area contributed by atoms with Crippen molar-refractivity contribution in [1.82, 2.24) is 15.0 Å². The SMILES string of the molecule is CN(c1c([N+](=O)[O-])cc([N+](=O)[O-])cc1[N+](=O)[O-])[N+](=O)[O-].O=[N+]([O-])N(CO)CN(CN(CO)[N+](=O)[O-])[N+](=O)[O-]. The molecule has 0 amide bonds. The van der Waals surface area contributed by atoms with Crippen molar-refractivity contribution in [2.24, 2.45) is 0 Å². The Labute approximate surface area is 205 Å². The molecule has 210 valence electrons. The van der Waals surface area contributed by atoms with Crippen LogP contribution in [0.5, 0.6) is 0 Å². The Morgan fingerprint density at radius 3 is 1.16 bits per heavy atom. The molecule has 0 atom stereocenters. The molecular weight excluding hydrogens is 542 g/mol. The zero-order valence-corrected chi connectivity index (χ0v) is 18.5. The summed E-state index contributed by atoms with van der Waals surface area (Å²) >= 11 is 0. The number of benzene rings is 1. The van der Waals surface area contributed by atoms with Crippen LogP contribution in [0.15, 0.2) is 12.1 Å². The average Bonchev–Trinajstić information content (AvgIpc) is 2.82. The molecule has 0 unspecified atom stereocenters. The van der Waals surface area contributed by atoms with Gasteiger partial charge in [0.1, 0.15) is 0 Å². The number of hydrazine groups is 4.